The molecular formula is C15H18FN3. The molecule has 100 valence electrons. The van der Waals surface area contributed by atoms with Gasteiger partial charge in [0.1, 0.15) is 11.4 Å². The van der Waals surface area contributed by atoms with Crippen molar-refractivity contribution in [1.29, 1.82) is 5.26 Å². The zero-order valence-corrected chi connectivity index (χ0v) is 11.3. The third-order valence-electron chi connectivity index (χ3n) is 3.62. The van der Waals surface area contributed by atoms with Crippen molar-refractivity contribution in [3.63, 3.8) is 0 Å². The SMILES string of the molecule is CC=C(NC)c1ccc(NC2(C#N)CCC2)cc1F. The summed E-state index contributed by atoms with van der Waals surface area (Å²) in [4.78, 5) is 0. The maximum absolute atomic E-state index is 14.1. The van der Waals surface area contributed by atoms with Gasteiger partial charge in [-0.15, -0.1) is 0 Å². The lowest BCUT2D eigenvalue weighted by Crippen LogP contribution is -2.43. The summed E-state index contributed by atoms with van der Waals surface area (Å²) in [5, 5.41) is 15.3. The average Bonchev–Trinajstić information content (AvgIpc) is 2.37. The second-order valence-electron chi connectivity index (χ2n) is 4.82. The number of halogens is 1. The van der Waals surface area contributed by atoms with E-state index in [-0.39, 0.29) is 5.82 Å². The van der Waals surface area contributed by atoms with E-state index < -0.39 is 5.54 Å². The van der Waals surface area contributed by atoms with Crippen molar-refractivity contribution in [3.05, 3.63) is 35.7 Å². The van der Waals surface area contributed by atoms with Crippen molar-refractivity contribution < 1.29 is 4.39 Å². The maximum Gasteiger partial charge on any atom is 0.134 e. The first-order chi connectivity index (χ1) is 9.14. The van der Waals surface area contributed by atoms with Crippen LogP contribution in [0.1, 0.15) is 31.7 Å². The van der Waals surface area contributed by atoms with E-state index >= 15 is 0 Å². The van der Waals surface area contributed by atoms with E-state index in [1.165, 1.54) is 6.07 Å². The number of hydrogen-bond acceptors (Lipinski definition) is 3. The van der Waals surface area contributed by atoms with Crippen molar-refractivity contribution in [2.24, 2.45) is 0 Å². The minimum Gasteiger partial charge on any atom is -0.388 e. The molecule has 1 aromatic carbocycles. The van der Waals surface area contributed by atoms with Gasteiger partial charge in [-0.25, -0.2) is 4.39 Å². The molecule has 0 amide bonds. The maximum atomic E-state index is 14.1. The third-order valence-corrected chi connectivity index (χ3v) is 3.62. The van der Waals surface area contributed by atoms with Crippen LogP contribution in [-0.2, 0) is 0 Å². The van der Waals surface area contributed by atoms with Crippen molar-refractivity contribution in [2.75, 3.05) is 12.4 Å². The molecule has 0 saturated heterocycles. The van der Waals surface area contributed by atoms with Crippen molar-refractivity contribution in [3.8, 4) is 6.07 Å². The summed E-state index contributed by atoms with van der Waals surface area (Å²) in [5.74, 6) is -0.292. The number of anilines is 1. The lowest BCUT2D eigenvalue weighted by atomic mass is 9.78. The molecule has 1 saturated carbocycles. The van der Waals surface area contributed by atoms with Gasteiger partial charge in [-0.3, -0.25) is 0 Å². The van der Waals surface area contributed by atoms with E-state index in [1.807, 2.05) is 19.1 Å². The van der Waals surface area contributed by atoms with Crippen LogP contribution in [-0.4, -0.2) is 12.6 Å². The van der Waals surface area contributed by atoms with Crippen LogP contribution in [0.3, 0.4) is 0 Å². The van der Waals surface area contributed by atoms with Gasteiger partial charge >= 0.3 is 0 Å². The topological polar surface area (TPSA) is 47.8 Å². The third kappa shape index (κ3) is 2.55. The Kier molecular flexibility index (Phi) is 3.75. The first-order valence-electron chi connectivity index (χ1n) is 6.47. The summed E-state index contributed by atoms with van der Waals surface area (Å²) < 4.78 is 14.1. The van der Waals surface area contributed by atoms with Crippen LogP contribution in [0.25, 0.3) is 5.70 Å². The summed E-state index contributed by atoms with van der Waals surface area (Å²) in [6.07, 6.45) is 4.52. The quantitative estimate of drug-likeness (QED) is 0.872. The highest BCUT2D eigenvalue weighted by molar-refractivity contribution is 5.66. The van der Waals surface area contributed by atoms with Crippen LogP contribution < -0.4 is 10.6 Å². The highest BCUT2D eigenvalue weighted by atomic mass is 19.1. The standard InChI is InChI=1S/C15H18FN3/c1-3-14(18-2)12-6-5-11(9-13(12)16)19-15(10-17)7-4-8-15/h3,5-6,9,18-19H,4,7-8H2,1-2H3. The van der Waals surface area contributed by atoms with E-state index in [0.717, 1.165) is 25.0 Å². The van der Waals surface area contributed by atoms with Crippen LogP contribution in [0.2, 0.25) is 0 Å². The molecule has 0 spiro atoms. The predicted molar refractivity (Wildman–Crippen MR) is 74.9 cm³/mol. The lowest BCUT2D eigenvalue weighted by Gasteiger charge is -2.36. The molecule has 4 heteroatoms. The average molecular weight is 259 g/mol. The minimum absolute atomic E-state index is 0.292. The Balaban J connectivity index is 2.22. The molecule has 0 bridgehead atoms. The molecule has 0 radical (unpaired) electrons. The van der Waals surface area contributed by atoms with Crippen LogP contribution in [0.15, 0.2) is 24.3 Å². The molecule has 0 aliphatic heterocycles. The monoisotopic (exact) mass is 259 g/mol. The van der Waals surface area contributed by atoms with Gasteiger partial charge in [-0.1, -0.05) is 6.08 Å². The second-order valence-corrected chi connectivity index (χ2v) is 4.82. The first kappa shape index (κ1) is 13.4. The molecule has 1 aromatic rings. The molecule has 0 aromatic heterocycles. The highest BCUT2D eigenvalue weighted by Crippen LogP contribution is 2.35. The molecule has 2 N–H and O–H groups in total. The summed E-state index contributed by atoms with van der Waals surface area (Å²) in [6.45, 7) is 1.86. The molecule has 0 atom stereocenters. The number of benzene rings is 1. The molecule has 0 heterocycles. The number of nitrogens with zero attached hydrogens (tertiary/aromatic N) is 1. The van der Waals surface area contributed by atoms with E-state index in [0.29, 0.717) is 11.3 Å². The molecule has 2 rings (SSSR count). The van der Waals surface area contributed by atoms with Crippen molar-refractivity contribution in [1.82, 2.24) is 5.32 Å². The van der Waals surface area contributed by atoms with Crippen LogP contribution in [0.4, 0.5) is 10.1 Å². The number of rotatable bonds is 4. The minimum atomic E-state index is -0.500. The van der Waals surface area contributed by atoms with Gasteiger partial charge in [0.25, 0.3) is 0 Å². The van der Waals surface area contributed by atoms with Crippen LogP contribution in [0, 0.1) is 17.1 Å². The normalized spacial score (nSPS) is 17.3. The van der Waals surface area contributed by atoms with Crippen LogP contribution >= 0.6 is 0 Å². The summed E-state index contributed by atoms with van der Waals surface area (Å²) in [6, 6.07) is 7.28. The Morgan fingerprint density at radius 3 is 2.63 bits per heavy atom. The predicted octanol–water partition coefficient (Wildman–Crippen LogP) is 3.26. The highest BCUT2D eigenvalue weighted by Gasteiger charge is 2.37. The number of allylic oxidation sites excluding steroid dienone is 1. The van der Waals surface area contributed by atoms with Gasteiger partial charge in [-0.2, -0.15) is 5.26 Å². The van der Waals surface area contributed by atoms with E-state index in [9.17, 15) is 4.39 Å². The zero-order chi connectivity index (χ0) is 13.9. The van der Waals surface area contributed by atoms with Gasteiger partial charge in [0, 0.05) is 24.0 Å². The fraction of sp³-hybridized carbons (Fsp3) is 0.400. The summed E-state index contributed by atoms with van der Waals surface area (Å²) >= 11 is 0. The fourth-order valence-electron chi connectivity index (χ4n) is 2.32. The zero-order valence-electron chi connectivity index (χ0n) is 11.3. The van der Waals surface area contributed by atoms with Crippen molar-refractivity contribution >= 4 is 11.4 Å². The Bertz CT molecular complexity index is 539. The van der Waals surface area contributed by atoms with Gasteiger partial charge in [-0.05, 0) is 44.4 Å². The molecule has 19 heavy (non-hydrogen) atoms. The molecule has 1 aliphatic rings. The largest absolute Gasteiger partial charge is 0.388 e. The van der Waals surface area contributed by atoms with Crippen molar-refractivity contribution in [2.45, 2.75) is 31.7 Å². The molecule has 1 fully saturated rings. The Labute approximate surface area is 113 Å². The lowest BCUT2D eigenvalue weighted by molar-refractivity contribution is 0.356. The molecule has 1 aliphatic carbocycles. The van der Waals surface area contributed by atoms with Crippen LogP contribution in [0.5, 0.6) is 0 Å². The van der Waals surface area contributed by atoms with Gasteiger partial charge < -0.3 is 10.6 Å². The van der Waals surface area contributed by atoms with Gasteiger partial charge in [0.2, 0.25) is 0 Å². The molecule has 3 nitrogen and oxygen atoms in total. The number of nitriles is 1. The Morgan fingerprint density at radius 2 is 2.21 bits per heavy atom. The van der Waals surface area contributed by atoms with Gasteiger partial charge in [0.15, 0.2) is 0 Å². The number of nitrogens with one attached hydrogen (secondary N) is 2. The Morgan fingerprint density at radius 1 is 1.47 bits per heavy atom. The fourth-order valence-corrected chi connectivity index (χ4v) is 2.32. The van der Waals surface area contributed by atoms with E-state index in [4.69, 9.17) is 5.26 Å². The van der Waals surface area contributed by atoms with Gasteiger partial charge in [0.05, 0.1) is 6.07 Å². The van der Waals surface area contributed by atoms with E-state index in [2.05, 4.69) is 16.7 Å². The number of hydrogen-bond donors (Lipinski definition) is 2. The smallest absolute Gasteiger partial charge is 0.134 e. The second kappa shape index (κ2) is 5.31. The Hall–Kier alpha value is -2.02. The summed E-state index contributed by atoms with van der Waals surface area (Å²) in [7, 11) is 1.76. The molecular weight excluding hydrogens is 241 g/mol. The first-order valence-corrected chi connectivity index (χ1v) is 6.47. The van der Waals surface area contributed by atoms with E-state index in [1.54, 1.807) is 13.1 Å². The summed E-state index contributed by atoms with van der Waals surface area (Å²) in [5.41, 5.74) is 1.45. The molecule has 0 unspecified atom stereocenters.